The van der Waals surface area contributed by atoms with Crippen molar-refractivity contribution in [2.75, 3.05) is 18.9 Å². The van der Waals surface area contributed by atoms with E-state index in [0.29, 0.717) is 31.2 Å². The second-order valence-electron chi connectivity index (χ2n) is 4.51. The molecule has 0 saturated carbocycles. The van der Waals surface area contributed by atoms with Gasteiger partial charge in [-0.2, -0.15) is 0 Å². The number of nitrogens with two attached hydrogens (primary N) is 1. The van der Waals surface area contributed by atoms with E-state index in [4.69, 9.17) is 10.5 Å². The molecule has 2 heterocycles. The van der Waals surface area contributed by atoms with Gasteiger partial charge in [0, 0.05) is 12.1 Å². The second kappa shape index (κ2) is 5.16. The first-order valence-electron chi connectivity index (χ1n) is 6.31. The standard InChI is InChI=1S/C14H14N4O2/c15-13-8-16-11(7-17-13)14(19)18-5-6-20-12-4-2-1-3-10(12)9-18/h1-4,7-8H,5-6,9H2,(H2,15,17). The highest BCUT2D eigenvalue weighted by Gasteiger charge is 2.21. The first kappa shape index (κ1) is 12.4. The molecule has 20 heavy (non-hydrogen) atoms. The predicted molar refractivity (Wildman–Crippen MR) is 73.1 cm³/mol. The number of aromatic nitrogens is 2. The number of carbonyl (C=O) groups excluding carboxylic acids is 1. The van der Waals surface area contributed by atoms with E-state index in [1.165, 1.54) is 12.4 Å². The number of amides is 1. The van der Waals surface area contributed by atoms with Crippen molar-refractivity contribution >= 4 is 11.7 Å². The summed E-state index contributed by atoms with van der Waals surface area (Å²) in [5.41, 5.74) is 6.75. The van der Waals surface area contributed by atoms with Crippen LogP contribution in [0.1, 0.15) is 16.1 Å². The Labute approximate surface area is 116 Å². The maximum absolute atomic E-state index is 12.4. The highest BCUT2D eigenvalue weighted by atomic mass is 16.5. The summed E-state index contributed by atoms with van der Waals surface area (Å²) in [5.74, 6) is 0.954. The highest BCUT2D eigenvalue weighted by Crippen LogP contribution is 2.23. The molecule has 1 aliphatic heterocycles. The molecule has 0 atom stereocenters. The van der Waals surface area contributed by atoms with E-state index >= 15 is 0 Å². The number of hydrogen-bond donors (Lipinski definition) is 1. The topological polar surface area (TPSA) is 81.3 Å². The van der Waals surface area contributed by atoms with E-state index < -0.39 is 0 Å². The fourth-order valence-electron chi connectivity index (χ4n) is 2.11. The van der Waals surface area contributed by atoms with Crippen molar-refractivity contribution in [2.24, 2.45) is 0 Å². The average Bonchev–Trinajstić information content (AvgIpc) is 2.69. The molecule has 0 saturated heterocycles. The molecule has 1 aromatic carbocycles. The number of carbonyl (C=O) groups is 1. The van der Waals surface area contributed by atoms with Crippen molar-refractivity contribution in [3.8, 4) is 5.75 Å². The number of rotatable bonds is 1. The Morgan fingerprint density at radius 2 is 2.10 bits per heavy atom. The minimum Gasteiger partial charge on any atom is -0.491 e. The Morgan fingerprint density at radius 3 is 2.90 bits per heavy atom. The minimum atomic E-state index is -0.169. The van der Waals surface area contributed by atoms with E-state index in [9.17, 15) is 4.79 Å². The van der Waals surface area contributed by atoms with Crippen molar-refractivity contribution in [3.05, 3.63) is 47.9 Å². The third kappa shape index (κ3) is 2.40. The van der Waals surface area contributed by atoms with Crippen LogP contribution < -0.4 is 10.5 Å². The zero-order valence-electron chi connectivity index (χ0n) is 10.8. The number of fused-ring (bicyclic) bond motifs is 1. The molecule has 1 aromatic heterocycles. The van der Waals surface area contributed by atoms with Gasteiger partial charge < -0.3 is 15.4 Å². The monoisotopic (exact) mass is 270 g/mol. The van der Waals surface area contributed by atoms with Gasteiger partial charge in [0.25, 0.3) is 5.91 Å². The van der Waals surface area contributed by atoms with E-state index in [1.807, 2.05) is 24.3 Å². The summed E-state index contributed by atoms with van der Waals surface area (Å²) < 4.78 is 5.63. The molecule has 3 rings (SSSR count). The smallest absolute Gasteiger partial charge is 0.274 e. The van der Waals surface area contributed by atoms with Crippen LogP contribution in [0.4, 0.5) is 5.82 Å². The molecule has 0 fully saturated rings. The van der Waals surface area contributed by atoms with Crippen LogP contribution in [0, 0.1) is 0 Å². The first-order valence-corrected chi connectivity index (χ1v) is 6.31. The van der Waals surface area contributed by atoms with Gasteiger partial charge in [-0.25, -0.2) is 9.97 Å². The lowest BCUT2D eigenvalue weighted by Gasteiger charge is -2.19. The molecule has 2 aromatic rings. The SMILES string of the molecule is Nc1cnc(C(=O)N2CCOc3ccccc3C2)cn1. The molecule has 6 nitrogen and oxygen atoms in total. The van der Waals surface area contributed by atoms with Gasteiger partial charge >= 0.3 is 0 Å². The number of hydrogen-bond acceptors (Lipinski definition) is 5. The third-order valence-corrected chi connectivity index (χ3v) is 3.13. The quantitative estimate of drug-likeness (QED) is 0.839. The van der Waals surface area contributed by atoms with Gasteiger partial charge in [0.2, 0.25) is 0 Å². The van der Waals surface area contributed by atoms with Crippen LogP contribution in [0.2, 0.25) is 0 Å². The molecular weight excluding hydrogens is 256 g/mol. The lowest BCUT2D eigenvalue weighted by atomic mass is 10.2. The minimum absolute atomic E-state index is 0.169. The third-order valence-electron chi connectivity index (χ3n) is 3.13. The van der Waals surface area contributed by atoms with Gasteiger partial charge in [-0.1, -0.05) is 18.2 Å². The molecule has 102 valence electrons. The zero-order valence-corrected chi connectivity index (χ0v) is 10.8. The Hall–Kier alpha value is -2.63. The summed E-state index contributed by atoms with van der Waals surface area (Å²) in [4.78, 5) is 22.0. The molecular formula is C14H14N4O2. The molecule has 6 heteroatoms. The van der Waals surface area contributed by atoms with Crippen LogP contribution in [0.5, 0.6) is 5.75 Å². The maximum Gasteiger partial charge on any atom is 0.274 e. The van der Waals surface area contributed by atoms with Crippen LogP contribution in [0.25, 0.3) is 0 Å². The first-order chi connectivity index (χ1) is 9.74. The molecule has 1 aliphatic rings. The number of nitrogen functional groups attached to an aromatic ring is 1. The Balaban J connectivity index is 1.84. The molecule has 0 radical (unpaired) electrons. The molecule has 1 amide bonds. The number of benzene rings is 1. The summed E-state index contributed by atoms with van der Waals surface area (Å²) >= 11 is 0. The summed E-state index contributed by atoms with van der Waals surface area (Å²) in [6.45, 7) is 1.48. The van der Waals surface area contributed by atoms with Crippen molar-refractivity contribution in [2.45, 2.75) is 6.54 Å². The van der Waals surface area contributed by atoms with Crippen LogP contribution in [0.15, 0.2) is 36.7 Å². The van der Waals surface area contributed by atoms with Gasteiger partial charge in [-0.3, -0.25) is 4.79 Å². The second-order valence-corrected chi connectivity index (χ2v) is 4.51. The summed E-state index contributed by atoms with van der Waals surface area (Å²) in [7, 11) is 0. The molecule has 0 bridgehead atoms. The maximum atomic E-state index is 12.4. The van der Waals surface area contributed by atoms with E-state index in [0.717, 1.165) is 11.3 Å². The number of nitrogens with zero attached hydrogens (tertiary/aromatic N) is 3. The normalized spacial score (nSPS) is 14.1. The predicted octanol–water partition coefficient (Wildman–Crippen LogP) is 1.09. The largest absolute Gasteiger partial charge is 0.491 e. The molecule has 0 unspecified atom stereocenters. The van der Waals surface area contributed by atoms with Crippen molar-refractivity contribution in [3.63, 3.8) is 0 Å². The molecule has 0 aliphatic carbocycles. The van der Waals surface area contributed by atoms with Crippen LogP contribution in [-0.4, -0.2) is 33.9 Å². The van der Waals surface area contributed by atoms with Crippen LogP contribution in [-0.2, 0) is 6.54 Å². The van der Waals surface area contributed by atoms with Crippen molar-refractivity contribution in [1.82, 2.24) is 14.9 Å². The van der Waals surface area contributed by atoms with E-state index in [-0.39, 0.29) is 5.91 Å². The lowest BCUT2D eigenvalue weighted by molar-refractivity contribution is 0.0727. The van der Waals surface area contributed by atoms with Gasteiger partial charge in [-0.15, -0.1) is 0 Å². The van der Waals surface area contributed by atoms with Crippen molar-refractivity contribution < 1.29 is 9.53 Å². The number of anilines is 1. The summed E-state index contributed by atoms with van der Waals surface area (Å²) in [5, 5.41) is 0. The molecule has 0 spiro atoms. The molecule has 2 N–H and O–H groups in total. The Bertz CT molecular complexity index is 627. The highest BCUT2D eigenvalue weighted by molar-refractivity contribution is 5.92. The summed E-state index contributed by atoms with van der Waals surface area (Å²) in [6.07, 6.45) is 2.78. The van der Waals surface area contributed by atoms with Gasteiger partial charge in [-0.05, 0) is 6.07 Å². The van der Waals surface area contributed by atoms with Crippen LogP contribution in [0.3, 0.4) is 0 Å². The van der Waals surface area contributed by atoms with Gasteiger partial charge in [0.1, 0.15) is 23.9 Å². The summed E-state index contributed by atoms with van der Waals surface area (Å²) in [6, 6.07) is 7.71. The van der Waals surface area contributed by atoms with Crippen molar-refractivity contribution in [1.29, 1.82) is 0 Å². The van der Waals surface area contributed by atoms with E-state index in [2.05, 4.69) is 9.97 Å². The number of para-hydroxylation sites is 1. The average molecular weight is 270 g/mol. The van der Waals surface area contributed by atoms with Crippen LogP contribution >= 0.6 is 0 Å². The van der Waals surface area contributed by atoms with Gasteiger partial charge in [0.05, 0.1) is 18.9 Å². The Kier molecular flexibility index (Phi) is 3.20. The zero-order chi connectivity index (χ0) is 13.9. The van der Waals surface area contributed by atoms with Gasteiger partial charge in [0.15, 0.2) is 0 Å². The fourth-order valence-corrected chi connectivity index (χ4v) is 2.11. The number of ether oxygens (including phenoxy) is 1. The Morgan fingerprint density at radius 1 is 1.25 bits per heavy atom. The fraction of sp³-hybridized carbons (Fsp3) is 0.214. The lowest BCUT2D eigenvalue weighted by Crippen LogP contribution is -2.33. The van der Waals surface area contributed by atoms with E-state index in [1.54, 1.807) is 4.90 Å².